The standard InChI is InChI=1S/C19H32/c1-7-10(2)16-9-15(8-11(16)3)19-14(6)18(19)13(5)12(4)17(18)19/h10-17H,7-9H2,1-6H3. The molecule has 0 aliphatic heterocycles. The van der Waals surface area contributed by atoms with Gasteiger partial charge in [-0.3, -0.25) is 0 Å². The van der Waals surface area contributed by atoms with Gasteiger partial charge < -0.3 is 0 Å². The van der Waals surface area contributed by atoms with Crippen molar-refractivity contribution in [2.75, 3.05) is 0 Å². The third kappa shape index (κ3) is 1.03. The molecule has 4 saturated carbocycles. The van der Waals surface area contributed by atoms with Crippen molar-refractivity contribution in [2.24, 2.45) is 58.2 Å². The molecule has 0 aromatic carbocycles. The zero-order valence-corrected chi connectivity index (χ0v) is 13.7. The molecule has 0 heterocycles. The lowest BCUT2D eigenvalue weighted by Gasteiger charge is -2.42. The summed E-state index contributed by atoms with van der Waals surface area (Å²) in [7, 11) is 0. The van der Waals surface area contributed by atoms with Gasteiger partial charge in [-0.05, 0) is 71.0 Å². The van der Waals surface area contributed by atoms with Crippen molar-refractivity contribution in [3.63, 3.8) is 0 Å². The van der Waals surface area contributed by atoms with E-state index in [1.54, 1.807) is 12.8 Å². The van der Waals surface area contributed by atoms with E-state index in [9.17, 15) is 0 Å². The van der Waals surface area contributed by atoms with Crippen molar-refractivity contribution >= 4 is 0 Å². The molecular formula is C19H32. The Morgan fingerprint density at radius 2 is 1.74 bits per heavy atom. The van der Waals surface area contributed by atoms with Gasteiger partial charge in [-0.15, -0.1) is 0 Å². The summed E-state index contributed by atoms with van der Waals surface area (Å²) < 4.78 is 0. The summed E-state index contributed by atoms with van der Waals surface area (Å²) >= 11 is 0. The van der Waals surface area contributed by atoms with Gasteiger partial charge in [-0.25, -0.2) is 0 Å². The number of hydrogen-bond acceptors (Lipinski definition) is 0. The van der Waals surface area contributed by atoms with Gasteiger partial charge in [0, 0.05) is 0 Å². The largest absolute Gasteiger partial charge is 0.0651 e. The Labute approximate surface area is 119 Å². The molecule has 10 atom stereocenters. The fourth-order valence-corrected chi connectivity index (χ4v) is 8.09. The van der Waals surface area contributed by atoms with Crippen LogP contribution in [0.15, 0.2) is 0 Å². The Bertz CT molecular complexity index is 412. The molecule has 4 fully saturated rings. The number of hydrogen-bond donors (Lipinski definition) is 0. The Morgan fingerprint density at radius 3 is 2.32 bits per heavy atom. The summed E-state index contributed by atoms with van der Waals surface area (Å²) in [6.45, 7) is 15.1. The second kappa shape index (κ2) is 3.42. The van der Waals surface area contributed by atoms with Crippen molar-refractivity contribution in [3.8, 4) is 0 Å². The van der Waals surface area contributed by atoms with Crippen LogP contribution in [0.2, 0.25) is 0 Å². The van der Waals surface area contributed by atoms with Crippen LogP contribution in [0.5, 0.6) is 0 Å². The van der Waals surface area contributed by atoms with Crippen molar-refractivity contribution in [2.45, 2.75) is 60.8 Å². The van der Waals surface area contributed by atoms with E-state index in [1.165, 1.54) is 6.42 Å². The molecule has 10 unspecified atom stereocenters. The lowest BCUT2D eigenvalue weighted by atomic mass is 9.62. The molecule has 0 aromatic heterocycles. The van der Waals surface area contributed by atoms with Gasteiger partial charge in [0.05, 0.1) is 0 Å². The Morgan fingerprint density at radius 1 is 1.05 bits per heavy atom. The summed E-state index contributed by atoms with van der Waals surface area (Å²) in [4.78, 5) is 0. The topological polar surface area (TPSA) is 0 Å². The van der Waals surface area contributed by atoms with Gasteiger partial charge in [-0.2, -0.15) is 0 Å². The van der Waals surface area contributed by atoms with E-state index in [4.69, 9.17) is 0 Å². The first-order valence-electron chi connectivity index (χ1n) is 8.95. The monoisotopic (exact) mass is 260 g/mol. The fourth-order valence-electron chi connectivity index (χ4n) is 8.09. The van der Waals surface area contributed by atoms with Crippen molar-refractivity contribution in [1.29, 1.82) is 0 Å². The van der Waals surface area contributed by atoms with Gasteiger partial charge >= 0.3 is 0 Å². The summed E-state index contributed by atoms with van der Waals surface area (Å²) in [6.07, 6.45) is 4.50. The highest BCUT2D eigenvalue weighted by Crippen LogP contribution is 3.07. The van der Waals surface area contributed by atoms with Crippen LogP contribution in [0.25, 0.3) is 0 Å². The maximum absolute atomic E-state index is 2.58. The van der Waals surface area contributed by atoms with Crippen LogP contribution in [0.1, 0.15) is 60.8 Å². The molecule has 4 aliphatic carbocycles. The molecule has 0 bridgehead atoms. The fraction of sp³-hybridized carbons (Fsp3) is 1.00. The van der Waals surface area contributed by atoms with Gasteiger partial charge in [0.1, 0.15) is 0 Å². The van der Waals surface area contributed by atoms with E-state index >= 15 is 0 Å². The van der Waals surface area contributed by atoms with Gasteiger partial charge in [0.25, 0.3) is 0 Å². The molecule has 0 saturated heterocycles. The molecular weight excluding hydrogens is 228 g/mol. The molecule has 4 rings (SSSR count). The Balaban J connectivity index is 1.55. The van der Waals surface area contributed by atoms with Crippen LogP contribution in [-0.2, 0) is 0 Å². The number of rotatable bonds is 3. The highest BCUT2D eigenvalue weighted by molar-refractivity contribution is 5.50. The molecule has 4 aliphatic rings. The molecule has 0 nitrogen and oxygen atoms in total. The predicted molar refractivity (Wildman–Crippen MR) is 80.7 cm³/mol. The van der Waals surface area contributed by atoms with E-state index in [0.29, 0.717) is 0 Å². The first-order chi connectivity index (χ1) is 8.95. The van der Waals surface area contributed by atoms with Crippen molar-refractivity contribution < 1.29 is 0 Å². The van der Waals surface area contributed by atoms with Gasteiger partial charge in [-0.1, -0.05) is 48.0 Å². The zero-order valence-electron chi connectivity index (χ0n) is 13.7. The second-order valence-electron chi connectivity index (χ2n) is 8.91. The van der Waals surface area contributed by atoms with Gasteiger partial charge in [0.2, 0.25) is 0 Å². The third-order valence-corrected chi connectivity index (χ3v) is 9.11. The normalized spacial score (nSPS) is 66.9. The third-order valence-electron chi connectivity index (χ3n) is 9.11. The quantitative estimate of drug-likeness (QED) is 0.651. The van der Waals surface area contributed by atoms with E-state index in [0.717, 1.165) is 58.2 Å². The molecule has 19 heavy (non-hydrogen) atoms. The van der Waals surface area contributed by atoms with Crippen LogP contribution in [0, 0.1) is 58.2 Å². The van der Waals surface area contributed by atoms with Crippen molar-refractivity contribution in [3.05, 3.63) is 0 Å². The molecule has 0 amide bonds. The summed E-state index contributed by atoms with van der Waals surface area (Å²) in [6, 6.07) is 0. The van der Waals surface area contributed by atoms with Gasteiger partial charge in [0.15, 0.2) is 0 Å². The first kappa shape index (κ1) is 12.7. The maximum Gasteiger partial charge on any atom is -0.0136 e. The van der Waals surface area contributed by atoms with Crippen LogP contribution >= 0.6 is 0 Å². The summed E-state index contributed by atoms with van der Waals surface area (Å²) in [5, 5.41) is 0. The van der Waals surface area contributed by atoms with Crippen LogP contribution < -0.4 is 0 Å². The molecule has 0 radical (unpaired) electrons. The summed E-state index contributed by atoms with van der Waals surface area (Å²) in [5.74, 6) is 8.35. The Hall–Kier alpha value is 0. The number of fused-ring (bicyclic) bond motifs is 1. The highest BCUT2D eigenvalue weighted by atomic mass is 15.1. The SMILES string of the molecule is CCC(C)C1CC(C23C(C)C24C(C)C(C)C34)CC1C. The van der Waals surface area contributed by atoms with E-state index < -0.39 is 0 Å². The van der Waals surface area contributed by atoms with E-state index in [-0.39, 0.29) is 0 Å². The average molecular weight is 260 g/mol. The summed E-state index contributed by atoms with van der Waals surface area (Å²) in [5.41, 5.74) is 1.71. The lowest BCUT2D eigenvalue weighted by molar-refractivity contribution is 0.0489. The first-order valence-corrected chi connectivity index (χ1v) is 8.95. The zero-order chi connectivity index (χ0) is 13.7. The van der Waals surface area contributed by atoms with E-state index in [2.05, 4.69) is 41.5 Å². The minimum absolute atomic E-state index is 0.850. The highest BCUT2D eigenvalue weighted by Gasteiger charge is 3.04. The molecule has 0 heteroatoms. The molecule has 108 valence electrons. The minimum atomic E-state index is 0.850. The van der Waals surface area contributed by atoms with Crippen molar-refractivity contribution in [1.82, 2.24) is 0 Å². The van der Waals surface area contributed by atoms with Crippen LogP contribution in [0.4, 0.5) is 0 Å². The van der Waals surface area contributed by atoms with Crippen LogP contribution in [-0.4, -0.2) is 0 Å². The van der Waals surface area contributed by atoms with E-state index in [1.807, 2.05) is 0 Å². The molecule has 0 N–H and O–H groups in total. The van der Waals surface area contributed by atoms with Crippen LogP contribution in [0.3, 0.4) is 0 Å². The average Bonchev–Trinajstić information content (AvgIpc) is 3.13. The Kier molecular flexibility index (Phi) is 2.29. The molecule has 0 aromatic rings. The second-order valence-corrected chi connectivity index (χ2v) is 8.91. The maximum atomic E-state index is 2.58. The predicted octanol–water partition coefficient (Wildman–Crippen LogP) is 5.23. The smallest absolute Gasteiger partial charge is 0.0136 e. The molecule has 1 spiro atoms. The minimum Gasteiger partial charge on any atom is -0.0651 e. The lowest BCUT2D eigenvalue weighted by Crippen LogP contribution is -2.38.